The first-order valence-electron chi connectivity index (χ1n) is 11.1. The Morgan fingerprint density at radius 1 is 1.03 bits per heavy atom. The number of esters is 1. The second-order valence-corrected chi connectivity index (χ2v) is 8.64. The largest absolute Gasteiger partial charge is 0.497 e. The summed E-state index contributed by atoms with van der Waals surface area (Å²) < 4.78 is 16.3. The van der Waals surface area contributed by atoms with E-state index in [1.807, 2.05) is 6.07 Å². The number of H-pyrrole nitrogens is 1. The highest BCUT2D eigenvalue weighted by atomic mass is 32.1. The molecule has 0 saturated carbocycles. The molecule has 0 radical (unpaired) electrons. The summed E-state index contributed by atoms with van der Waals surface area (Å²) in [6.07, 6.45) is 0. The van der Waals surface area contributed by atoms with Crippen molar-refractivity contribution in [1.29, 1.82) is 0 Å². The van der Waals surface area contributed by atoms with Crippen LogP contribution in [-0.2, 0) is 4.74 Å². The number of carbonyl (C=O) groups is 3. The molecule has 2 amide bonds. The van der Waals surface area contributed by atoms with Gasteiger partial charge in [-0.15, -0.1) is 11.3 Å². The molecule has 0 aliphatic rings. The highest BCUT2D eigenvalue weighted by Crippen LogP contribution is 2.34. The Bertz CT molecular complexity index is 1500. The molecule has 2 aromatic carbocycles. The Labute approximate surface area is 214 Å². The molecule has 4 rings (SSSR count). The number of nitrogens with one attached hydrogen (secondary N) is 3. The first-order chi connectivity index (χ1) is 17.8. The van der Waals surface area contributed by atoms with Crippen LogP contribution in [0, 0.1) is 6.92 Å². The molecule has 2 heterocycles. The minimum Gasteiger partial charge on any atom is -0.497 e. The fraction of sp³-hybridized carbons (Fsp3) is 0.160. The van der Waals surface area contributed by atoms with Gasteiger partial charge in [0.1, 0.15) is 10.8 Å². The number of aromatic nitrogens is 2. The van der Waals surface area contributed by atoms with Gasteiger partial charge in [0.15, 0.2) is 0 Å². The van der Waals surface area contributed by atoms with Gasteiger partial charge in [0.25, 0.3) is 5.91 Å². The van der Waals surface area contributed by atoms with Crippen molar-refractivity contribution >= 4 is 39.8 Å². The number of carbonyl (C=O) groups excluding carboxylic acids is 3. The van der Waals surface area contributed by atoms with E-state index in [2.05, 4.69) is 15.9 Å². The zero-order valence-corrected chi connectivity index (χ0v) is 20.9. The number of aromatic amines is 1. The number of benzene rings is 2. The number of nitrogens with zero attached hydrogens (tertiary/aromatic N) is 1. The standard InChI is InChI=1S/C25H22N4O7S/c1-4-35-24(32)18-14(2)20(22(31)26-15-8-6-5-7-9-15)37-23(18)27-21(30)19-25(33)36-28-29(19)16-10-12-17(34-3)13-11-16/h5-13H,4H2,1-3H3,(H2-,26,27,28,30,31,32,33)/p+1. The van der Waals surface area contributed by atoms with Crippen molar-refractivity contribution < 1.29 is 33.1 Å². The van der Waals surface area contributed by atoms with Crippen molar-refractivity contribution in [1.82, 2.24) is 5.27 Å². The van der Waals surface area contributed by atoms with Gasteiger partial charge in [0.05, 0.1) is 24.2 Å². The maximum absolute atomic E-state index is 13.2. The summed E-state index contributed by atoms with van der Waals surface area (Å²) in [5.41, 5.74) is 0.0371. The molecule has 0 atom stereocenters. The Morgan fingerprint density at radius 3 is 2.38 bits per heavy atom. The molecule has 0 saturated heterocycles. The monoisotopic (exact) mass is 523 g/mol. The Hall–Kier alpha value is -4.71. The predicted octanol–water partition coefficient (Wildman–Crippen LogP) is 3.30. The van der Waals surface area contributed by atoms with Crippen LogP contribution in [0.15, 0.2) is 63.9 Å². The van der Waals surface area contributed by atoms with Gasteiger partial charge in [-0.2, -0.15) is 0 Å². The second kappa shape index (κ2) is 10.9. The third-order valence-corrected chi connectivity index (χ3v) is 6.49. The van der Waals surface area contributed by atoms with Crippen LogP contribution in [-0.4, -0.2) is 36.8 Å². The highest BCUT2D eigenvalue weighted by molar-refractivity contribution is 7.19. The third-order valence-electron chi connectivity index (χ3n) is 5.28. The number of para-hydroxylation sites is 1. The van der Waals surface area contributed by atoms with Crippen LogP contribution in [0.3, 0.4) is 0 Å². The zero-order chi connectivity index (χ0) is 26.5. The molecule has 0 unspecified atom stereocenters. The molecule has 2 aromatic heterocycles. The van der Waals surface area contributed by atoms with E-state index in [1.165, 1.54) is 7.11 Å². The summed E-state index contributed by atoms with van der Waals surface area (Å²) in [6, 6.07) is 15.3. The number of thiophene rings is 1. The lowest BCUT2D eigenvalue weighted by Gasteiger charge is -2.06. The highest BCUT2D eigenvalue weighted by Gasteiger charge is 2.34. The summed E-state index contributed by atoms with van der Waals surface area (Å²) in [4.78, 5) is 51.6. The van der Waals surface area contributed by atoms with Crippen molar-refractivity contribution in [3.63, 3.8) is 0 Å². The van der Waals surface area contributed by atoms with Crippen LogP contribution < -0.4 is 25.7 Å². The van der Waals surface area contributed by atoms with Crippen molar-refractivity contribution in [3.05, 3.63) is 86.7 Å². The Balaban J connectivity index is 1.69. The average Bonchev–Trinajstić information content (AvgIpc) is 3.44. The first kappa shape index (κ1) is 25.4. The normalized spacial score (nSPS) is 10.6. The molecule has 0 spiro atoms. The van der Waals surface area contributed by atoms with Crippen LogP contribution in [0.2, 0.25) is 0 Å². The van der Waals surface area contributed by atoms with Gasteiger partial charge in [-0.3, -0.25) is 14.1 Å². The van der Waals surface area contributed by atoms with Gasteiger partial charge < -0.3 is 20.1 Å². The number of anilines is 2. The van der Waals surface area contributed by atoms with Gasteiger partial charge in [0, 0.05) is 17.8 Å². The van der Waals surface area contributed by atoms with Gasteiger partial charge in [0.2, 0.25) is 5.69 Å². The molecule has 12 heteroatoms. The zero-order valence-electron chi connectivity index (χ0n) is 20.1. The fourth-order valence-electron chi connectivity index (χ4n) is 3.52. The van der Waals surface area contributed by atoms with Crippen LogP contribution in [0.1, 0.15) is 43.0 Å². The molecule has 3 N–H and O–H groups in total. The summed E-state index contributed by atoms with van der Waals surface area (Å²) in [5, 5.41) is 7.79. The van der Waals surface area contributed by atoms with E-state index < -0.39 is 23.4 Å². The lowest BCUT2D eigenvalue weighted by atomic mass is 10.1. The SMILES string of the molecule is CCOC(=O)c1c(NC(=O)c2c(=O)o[nH][n+]2-c2ccc(OC)cc2)sc(C(=O)Nc2ccccc2)c1C. The maximum Gasteiger partial charge on any atom is 0.441 e. The van der Waals surface area contributed by atoms with E-state index >= 15 is 0 Å². The van der Waals surface area contributed by atoms with Crippen LogP contribution >= 0.6 is 11.3 Å². The van der Waals surface area contributed by atoms with Crippen LogP contribution in [0.5, 0.6) is 5.75 Å². The molecule has 0 aliphatic heterocycles. The third kappa shape index (κ3) is 5.28. The number of hydrogen-bond donors (Lipinski definition) is 3. The number of ether oxygens (including phenoxy) is 2. The molecule has 4 aromatic rings. The summed E-state index contributed by atoms with van der Waals surface area (Å²) >= 11 is 0.892. The van der Waals surface area contributed by atoms with E-state index in [1.54, 1.807) is 62.4 Å². The van der Waals surface area contributed by atoms with E-state index in [0.717, 1.165) is 16.0 Å². The molecular formula is C25H23N4O7S+. The summed E-state index contributed by atoms with van der Waals surface area (Å²) in [6.45, 7) is 3.32. The average molecular weight is 524 g/mol. The van der Waals surface area contributed by atoms with Gasteiger partial charge >= 0.3 is 23.2 Å². The second-order valence-electron chi connectivity index (χ2n) is 7.62. The molecule has 190 valence electrons. The van der Waals surface area contributed by atoms with Gasteiger partial charge in [-0.05, 0) is 53.6 Å². The molecule has 0 aliphatic carbocycles. The molecule has 37 heavy (non-hydrogen) atoms. The van der Waals surface area contributed by atoms with Crippen LogP contribution in [0.4, 0.5) is 10.7 Å². The number of rotatable bonds is 8. The lowest BCUT2D eigenvalue weighted by molar-refractivity contribution is -0.672. The minimum atomic E-state index is -0.929. The van der Waals surface area contributed by atoms with Crippen molar-refractivity contribution in [2.45, 2.75) is 13.8 Å². The minimum absolute atomic E-state index is 0.0225. The van der Waals surface area contributed by atoms with Gasteiger partial charge in [-0.25, -0.2) is 9.59 Å². The molecule has 11 nitrogen and oxygen atoms in total. The lowest BCUT2D eigenvalue weighted by Crippen LogP contribution is -2.42. The quantitative estimate of drug-likeness (QED) is 0.237. The van der Waals surface area contributed by atoms with E-state index in [0.29, 0.717) is 22.7 Å². The molecule has 0 bridgehead atoms. The summed E-state index contributed by atoms with van der Waals surface area (Å²) in [5.74, 6) is -1.45. The number of methoxy groups -OCH3 is 1. The van der Waals surface area contributed by atoms with Crippen molar-refractivity contribution in [2.24, 2.45) is 0 Å². The predicted molar refractivity (Wildman–Crippen MR) is 135 cm³/mol. The maximum atomic E-state index is 13.2. The molecular weight excluding hydrogens is 500 g/mol. The van der Waals surface area contributed by atoms with Crippen molar-refractivity contribution in [3.8, 4) is 11.4 Å². The Kier molecular flexibility index (Phi) is 7.49. The summed E-state index contributed by atoms with van der Waals surface area (Å²) in [7, 11) is 1.51. The van der Waals surface area contributed by atoms with Crippen LogP contribution in [0.25, 0.3) is 5.69 Å². The first-order valence-corrected chi connectivity index (χ1v) is 11.9. The topological polar surface area (TPSA) is 144 Å². The Morgan fingerprint density at radius 2 is 1.73 bits per heavy atom. The van der Waals surface area contributed by atoms with Crippen molar-refractivity contribution in [2.75, 3.05) is 24.4 Å². The smallest absolute Gasteiger partial charge is 0.441 e. The number of amides is 2. The number of hydrogen-bond acceptors (Lipinski definition) is 8. The van der Waals surface area contributed by atoms with E-state index in [9.17, 15) is 19.2 Å². The van der Waals surface area contributed by atoms with E-state index in [4.69, 9.17) is 14.0 Å². The van der Waals surface area contributed by atoms with E-state index in [-0.39, 0.29) is 27.7 Å². The van der Waals surface area contributed by atoms with Gasteiger partial charge in [-0.1, -0.05) is 18.2 Å². The fourth-order valence-corrected chi connectivity index (χ4v) is 4.60. The molecule has 0 fully saturated rings.